The van der Waals surface area contributed by atoms with Crippen molar-refractivity contribution in [2.45, 2.75) is 26.4 Å². The molecule has 4 heteroatoms. The third kappa shape index (κ3) is 3.14. The van der Waals surface area contributed by atoms with Gasteiger partial charge in [-0.2, -0.15) is 0 Å². The van der Waals surface area contributed by atoms with Crippen molar-refractivity contribution in [3.8, 4) is 0 Å². The first kappa shape index (κ1) is 14.5. The van der Waals surface area contributed by atoms with Gasteiger partial charge in [0.25, 0.3) is 0 Å². The summed E-state index contributed by atoms with van der Waals surface area (Å²) in [5.41, 5.74) is 1.18. The zero-order chi connectivity index (χ0) is 14.4. The molecule has 0 aliphatic heterocycles. The van der Waals surface area contributed by atoms with Crippen LogP contribution in [0, 0.1) is 5.82 Å². The lowest BCUT2D eigenvalue weighted by atomic mass is 10.2. The molecule has 20 heavy (non-hydrogen) atoms. The Kier molecular flexibility index (Phi) is 5.07. The average molecular weight is 274 g/mol. The Hall–Kier alpha value is -1.94. The van der Waals surface area contributed by atoms with Gasteiger partial charge in [0.2, 0.25) is 0 Å². The Labute approximate surface area is 118 Å². The smallest absolute Gasteiger partial charge is 0.171 e. The van der Waals surface area contributed by atoms with Gasteiger partial charge in [-0.05, 0) is 24.6 Å². The SMILES string of the molecule is CCCCN(c1ccccc1)c1nccc(CO)c1F. The minimum Gasteiger partial charge on any atom is -0.392 e. The van der Waals surface area contributed by atoms with E-state index in [0.717, 1.165) is 18.5 Å². The molecule has 0 aliphatic rings. The number of benzene rings is 1. The molecule has 106 valence electrons. The van der Waals surface area contributed by atoms with Crippen molar-refractivity contribution in [1.29, 1.82) is 0 Å². The zero-order valence-electron chi connectivity index (χ0n) is 11.6. The van der Waals surface area contributed by atoms with E-state index in [9.17, 15) is 9.50 Å². The molecular weight excluding hydrogens is 255 g/mol. The number of aromatic nitrogens is 1. The Morgan fingerprint density at radius 3 is 2.60 bits per heavy atom. The highest BCUT2D eigenvalue weighted by Gasteiger charge is 2.17. The van der Waals surface area contributed by atoms with Crippen LogP contribution in [0.4, 0.5) is 15.9 Å². The molecule has 0 bridgehead atoms. The fourth-order valence-corrected chi connectivity index (χ4v) is 2.06. The molecule has 0 spiro atoms. The minimum absolute atomic E-state index is 0.271. The number of hydrogen-bond acceptors (Lipinski definition) is 3. The van der Waals surface area contributed by atoms with E-state index in [0.29, 0.717) is 6.54 Å². The Balaban J connectivity index is 2.41. The highest BCUT2D eigenvalue weighted by molar-refractivity contribution is 5.60. The monoisotopic (exact) mass is 274 g/mol. The van der Waals surface area contributed by atoms with Gasteiger partial charge in [-0.15, -0.1) is 0 Å². The molecule has 0 radical (unpaired) electrons. The van der Waals surface area contributed by atoms with Crippen LogP contribution in [0.5, 0.6) is 0 Å². The summed E-state index contributed by atoms with van der Waals surface area (Å²) in [5.74, 6) is -0.175. The van der Waals surface area contributed by atoms with Crippen molar-refractivity contribution in [2.75, 3.05) is 11.4 Å². The van der Waals surface area contributed by atoms with Gasteiger partial charge < -0.3 is 10.0 Å². The number of nitrogens with zero attached hydrogens (tertiary/aromatic N) is 2. The van der Waals surface area contributed by atoms with Crippen LogP contribution in [0.25, 0.3) is 0 Å². The second-order valence-electron chi connectivity index (χ2n) is 4.61. The molecule has 2 rings (SSSR count). The van der Waals surface area contributed by atoms with Crippen molar-refractivity contribution in [3.05, 3.63) is 54.0 Å². The Bertz CT molecular complexity index is 545. The molecule has 3 nitrogen and oxygen atoms in total. The number of para-hydroxylation sites is 1. The standard InChI is InChI=1S/C16H19FN2O/c1-2-3-11-19(14-7-5-4-6-8-14)16-15(17)13(12-20)9-10-18-16/h4-10,20H,2-3,11-12H2,1H3. The van der Waals surface area contributed by atoms with Gasteiger partial charge in [0, 0.05) is 24.0 Å². The molecule has 0 saturated carbocycles. The number of unbranched alkanes of at least 4 members (excludes halogenated alkanes) is 1. The number of pyridine rings is 1. The summed E-state index contributed by atoms with van der Waals surface area (Å²) in [6.07, 6.45) is 3.50. The van der Waals surface area contributed by atoms with Gasteiger partial charge in [-0.25, -0.2) is 9.37 Å². The number of anilines is 2. The van der Waals surface area contributed by atoms with Crippen molar-refractivity contribution in [1.82, 2.24) is 4.98 Å². The van der Waals surface area contributed by atoms with Crippen LogP contribution in [0.15, 0.2) is 42.6 Å². The third-order valence-electron chi connectivity index (χ3n) is 3.18. The topological polar surface area (TPSA) is 36.4 Å². The van der Waals surface area contributed by atoms with Crippen LogP contribution < -0.4 is 4.90 Å². The first-order valence-corrected chi connectivity index (χ1v) is 6.84. The van der Waals surface area contributed by atoms with E-state index in [4.69, 9.17) is 0 Å². The summed E-state index contributed by atoms with van der Waals surface area (Å²) in [6, 6.07) is 11.1. The highest BCUT2D eigenvalue weighted by Crippen LogP contribution is 2.27. The molecule has 1 N–H and O–H groups in total. The summed E-state index contributed by atoms with van der Waals surface area (Å²) in [7, 11) is 0. The second-order valence-corrected chi connectivity index (χ2v) is 4.61. The van der Waals surface area contributed by atoms with E-state index in [1.54, 1.807) is 0 Å². The Morgan fingerprint density at radius 2 is 1.95 bits per heavy atom. The molecule has 0 fully saturated rings. The van der Waals surface area contributed by atoms with E-state index in [1.807, 2.05) is 35.2 Å². The lowest BCUT2D eigenvalue weighted by Gasteiger charge is -2.24. The zero-order valence-corrected chi connectivity index (χ0v) is 11.6. The normalized spacial score (nSPS) is 10.6. The summed E-state index contributed by atoms with van der Waals surface area (Å²) < 4.78 is 14.4. The van der Waals surface area contributed by atoms with Gasteiger partial charge >= 0.3 is 0 Å². The fraction of sp³-hybridized carbons (Fsp3) is 0.312. The summed E-state index contributed by atoms with van der Waals surface area (Å²) in [4.78, 5) is 6.02. The molecule has 0 atom stereocenters. The number of rotatable bonds is 6. The van der Waals surface area contributed by atoms with Crippen LogP contribution in [-0.4, -0.2) is 16.6 Å². The van der Waals surface area contributed by atoms with E-state index >= 15 is 0 Å². The summed E-state index contributed by atoms with van der Waals surface area (Å²) in [5, 5.41) is 9.18. The highest BCUT2D eigenvalue weighted by atomic mass is 19.1. The van der Waals surface area contributed by atoms with E-state index in [2.05, 4.69) is 11.9 Å². The lowest BCUT2D eigenvalue weighted by molar-refractivity contribution is 0.275. The van der Waals surface area contributed by atoms with E-state index in [1.165, 1.54) is 12.3 Å². The molecular formula is C16H19FN2O. The molecule has 1 aromatic carbocycles. The predicted molar refractivity (Wildman–Crippen MR) is 78.5 cm³/mol. The number of aliphatic hydroxyl groups is 1. The van der Waals surface area contributed by atoms with Crippen LogP contribution in [-0.2, 0) is 6.61 Å². The molecule has 2 aromatic rings. The van der Waals surface area contributed by atoms with Gasteiger partial charge in [0.1, 0.15) is 0 Å². The molecule has 1 heterocycles. The minimum atomic E-state index is -0.449. The maximum Gasteiger partial charge on any atom is 0.171 e. The summed E-state index contributed by atoms with van der Waals surface area (Å²) >= 11 is 0. The van der Waals surface area contributed by atoms with Crippen LogP contribution in [0.2, 0.25) is 0 Å². The van der Waals surface area contributed by atoms with Gasteiger partial charge in [-0.1, -0.05) is 31.5 Å². The molecule has 0 amide bonds. The van der Waals surface area contributed by atoms with Crippen molar-refractivity contribution < 1.29 is 9.50 Å². The van der Waals surface area contributed by atoms with Gasteiger partial charge in [-0.3, -0.25) is 0 Å². The second kappa shape index (κ2) is 7.01. The van der Waals surface area contributed by atoms with E-state index in [-0.39, 0.29) is 18.0 Å². The predicted octanol–water partition coefficient (Wildman–Crippen LogP) is 3.65. The first-order valence-electron chi connectivity index (χ1n) is 6.84. The number of hydrogen-bond donors (Lipinski definition) is 1. The maximum atomic E-state index is 14.4. The van der Waals surface area contributed by atoms with Crippen molar-refractivity contribution in [3.63, 3.8) is 0 Å². The number of halogens is 1. The molecule has 0 unspecified atom stereocenters. The average Bonchev–Trinajstić information content (AvgIpc) is 2.50. The lowest BCUT2D eigenvalue weighted by Crippen LogP contribution is -2.21. The van der Waals surface area contributed by atoms with Gasteiger partial charge in [0.05, 0.1) is 6.61 Å². The molecule has 0 aliphatic carbocycles. The Morgan fingerprint density at radius 1 is 1.20 bits per heavy atom. The number of aliphatic hydroxyl groups excluding tert-OH is 1. The van der Waals surface area contributed by atoms with Crippen LogP contribution >= 0.6 is 0 Å². The van der Waals surface area contributed by atoms with Gasteiger partial charge in [0.15, 0.2) is 11.6 Å². The third-order valence-corrected chi connectivity index (χ3v) is 3.18. The first-order chi connectivity index (χ1) is 9.77. The van der Waals surface area contributed by atoms with Crippen LogP contribution in [0.3, 0.4) is 0 Å². The van der Waals surface area contributed by atoms with E-state index < -0.39 is 5.82 Å². The maximum absolute atomic E-state index is 14.4. The largest absolute Gasteiger partial charge is 0.392 e. The van der Waals surface area contributed by atoms with Crippen molar-refractivity contribution in [2.24, 2.45) is 0 Å². The summed E-state index contributed by atoms with van der Waals surface area (Å²) in [6.45, 7) is 2.47. The molecule has 1 aromatic heterocycles. The van der Waals surface area contributed by atoms with Crippen molar-refractivity contribution >= 4 is 11.5 Å². The fourth-order valence-electron chi connectivity index (χ4n) is 2.06. The van der Waals surface area contributed by atoms with Crippen LogP contribution in [0.1, 0.15) is 25.3 Å². The molecule has 0 saturated heterocycles. The quantitative estimate of drug-likeness (QED) is 0.873.